The summed E-state index contributed by atoms with van der Waals surface area (Å²) in [4.78, 5) is 24.4. The molecule has 5 nitrogen and oxygen atoms in total. The Bertz CT molecular complexity index is 888. The number of anilines is 1. The first-order chi connectivity index (χ1) is 11.1. The number of ether oxygens (including phenoxy) is 2. The van der Waals surface area contributed by atoms with Gasteiger partial charge >= 0.3 is 0 Å². The third kappa shape index (κ3) is 2.24. The van der Waals surface area contributed by atoms with Crippen LogP contribution in [0.4, 0.5) is 10.1 Å². The summed E-state index contributed by atoms with van der Waals surface area (Å²) in [6.07, 6.45) is 1.21. The van der Waals surface area contributed by atoms with Crippen molar-refractivity contribution in [3.63, 3.8) is 0 Å². The number of carbonyl (C=O) groups is 2. The number of amides is 1. The SMILES string of the molecule is O=C1Nc2ccc(F)cc2/C1=C\C(=O)c1ccc2c(c1)OCO2. The van der Waals surface area contributed by atoms with Crippen LogP contribution in [0.1, 0.15) is 15.9 Å². The minimum Gasteiger partial charge on any atom is -0.454 e. The zero-order valence-corrected chi connectivity index (χ0v) is 11.8. The van der Waals surface area contributed by atoms with E-state index in [1.54, 1.807) is 18.2 Å². The van der Waals surface area contributed by atoms with Gasteiger partial charge in [0, 0.05) is 16.8 Å². The van der Waals surface area contributed by atoms with Crippen molar-refractivity contribution in [2.45, 2.75) is 0 Å². The molecule has 0 atom stereocenters. The summed E-state index contributed by atoms with van der Waals surface area (Å²) in [6.45, 7) is 0.114. The van der Waals surface area contributed by atoms with Crippen LogP contribution >= 0.6 is 0 Å². The minimum atomic E-state index is -0.471. The molecule has 0 saturated heterocycles. The van der Waals surface area contributed by atoms with Crippen LogP contribution < -0.4 is 14.8 Å². The second-order valence-corrected chi connectivity index (χ2v) is 5.13. The molecule has 0 fully saturated rings. The van der Waals surface area contributed by atoms with Crippen LogP contribution in [-0.2, 0) is 4.79 Å². The molecule has 0 saturated carbocycles. The highest BCUT2D eigenvalue weighted by Crippen LogP contribution is 2.34. The molecule has 6 heteroatoms. The van der Waals surface area contributed by atoms with Crippen LogP contribution in [0.2, 0.25) is 0 Å². The van der Waals surface area contributed by atoms with Gasteiger partial charge in [-0.15, -0.1) is 0 Å². The van der Waals surface area contributed by atoms with Gasteiger partial charge in [-0.25, -0.2) is 4.39 Å². The number of hydrogen-bond acceptors (Lipinski definition) is 4. The molecule has 1 amide bonds. The molecule has 0 bridgehead atoms. The molecular weight excluding hydrogens is 301 g/mol. The Morgan fingerprint density at radius 2 is 1.96 bits per heavy atom. The van der Waals surface area contributed by atoms with Gasteiger partial charge in [-0.1, -0.05) is 0 Å². The van der Waals surface area contributed by atoms with Crippen molar-refractivity contribution < 1.29 is 23.5 Å². The fraction of sp³-hybridized carbons (Fsp3) is 0.0588. The van der Waals surface area contributed by atoms with E-state index in [4.69, 9.17) is 9.47 Å². The molecule has 2 aliphatic heterocycles. The summed E-state index contributed by atoms with van der Waals surface area (Å²) in [5.41, 5.74) is 1.37. The van der Waals surface area contributed by atoms with Crippen molar-refractivity contribution in [3.8, 4) is 11.5 Å². The van der Waals surface area contributed by atoms with Crippen molar-refractivity contribution >= 4 is 23.0 Å². The molecule has 2 aromatic carbocycles. The molecule has 0 spiro atoms. The number of benzene rings is 2. The van der Waals surface area contributed by atoms with E-state index in [1.807, 2.05) is 0 Å². The number of allylic oxidation sites excluding steroid dienone is 1. The van der Waals surface area contributed by atoms with E-state index in [9.17, 15) is 14.0 Å². The Morgan fingerprint density at radius 3 is 2.83 bits per heavy atom. The first kappa shape index (κ1) is 13.5. The average molecular weight is 311 g/mol. The second kappa shape index (κ2) is 4.95. The van der Waals surface area contributed by atoms with Gasteiger partial charge in [-0.3, -0.25) is 9.59 Å². The van der Waals surface area contributed by atoms with Gasteiger partial charge in [0.25, 0.3) is 5.91 Å². The van der Waals surface area contributed by atoms with Crippen LogP contribution in [0.25, 0.3) is 5.57 Å². The van der Waals surface area contributed by atoms with E-state index in [2.05, 4.69) is 5.32 Å². The molecule has 1 N–H and O–H groups in total. The lowest BCUT2D eigenvalue weighted by Gasteiger charge is -2.01. The number of fused-ring (bicyclic) bond motifs is 2. The van der Waals surface area contributed by atoms with Gasteiger partial charge in [0.1, 0.15) is 5.82 Å². The van der Waals surface area contributed by atoms with Crippen molar-refractivity contribution in [3.05, 3.63) is 59.4 Å². The van der Waals surface area contributed by atoms with Crippen LogP contribution in [0.15, 0.2) is 42.5 Å². The van der Waals surface area contributed by atoms with Crippen molar-refractivity contribution in [2.24, 2.45) is 0 Å². The van der Waals surface area contributed by atoms with Crippen LogP contribution in [0.5, 0.6) is 11.5 Å². The third-order valence-corrected chi connectivity index (χ3v) is 3.70. The Balaban J connectivity index is 1.72. The third-order valence-electron chi connectivity index (χ3n) is 3.70. The lowest BCUT2D eigenvalue weighted by molar-refractivity contribution is -0.110. The van der Waals surface area contributed by atoms with Gasteiger partial charge in [0.15, 0.2) is 17.3 Å². The Labute approximate surface area is 130 Å². The van der Waals surface area contributed by atoms with Gasteiger partial charge in [0.2, 0.25) is 6.79 Å². The summed E-state index contributed by atoms with van der Waals surface area (Å²) in [6, 6.07) is 8.73. The van der Waals surface area contributed by atoms with Gasteiger partial charge < -0.3 is 14.8 Å². The summed E-state index contributed by atoms with van der Waals surface area (Å²) in [5.74, 6) is -0.219. The molecule has 2 aliphatic rings. The summed E-state index contributed by atoms with van der Waals surface area (Å²) >= 11 is 0. The number of rotatable bonds is 2. The molecule has 0 radical (unpaired) electrons. The predicted octanol–water partition coefficient (Wildman–Crippen LogP) is 2.77. The molecule has 114 valence electrons. The normalized spacial score (nSPS) is 16.4. The van der Waals surface area contributed by atoms with Crippen LogP contribution in [0, 0.1) is 5.82 Å². The molecule has 2 heterocycles. The maximum atomic E-state index is 13.4. The molecule has 0 aromatic heterocycles. The van der Waals surface area contributed by atoms with Gasteiger partial charge in [-0.2, -0.15) is 0 Å². The second-order valence-electron chi connectivity index (χ2n) is 5.13. The average Bonchev–Trinajstić information content (AvgIpc) is 3.12. The quantitative estimate of drug-likeness (QED) is 0.684. The highest BCUT2D eigenvalue weighted by atomic mass is 19.1. The Kier molecular flexibility index (Phi) is 2.90. The molecule has 23 heavy (non-hydrogen) atoms. The smallest absolute Gasteiger partial charge is 0.256 e. The molecular formula is C17H10FNO4. The highest BCUT2D eigenvalue weighted by Gasteiger charge is 2.26. The molecule has 0 aliphatic carbocycles. The zero-order valence-electron chi connectivity index (χ0n) is 11.8. The van der Waals surface area contributed by atoms with E-state index in [1.165, 1.54) is 24.3 Å². The first-order valence-electron chi connectivity index (χ1n) is 6.89. The minimum absolute atomic E-state index is 0.114. The first-order valence-corrected chi connectivity index (χ1v) is 6.89. The monoisotopic (exact) mass is 311 g/mol. The predicted molar refractivity (Wildman–Crippen MR) is 79.9 cm³/mol. The van der Waals surface area contributed by atoms with E-state index >= 15 is 0 Å². The molecule has 4 rings (SSSR count). The Morgan fingerprint density at radius 1 is 1.13 bits per heavy atom. The summed E-state index contributed by atoms with van der Waals surface area (Å²) in [7, 11) is 0. The van der Waals surface area contributed by atoms with Crippen molar-refractivity contribution in [1.29, 1.82) is 0 Å². The fourth-order valence-electron chi connectivity index (χ4n) is 2.57. The van der Waals surface area contributed by atoms with Gasteiger partial charge in [-0.05, 0) is 42.5 Å². The highest BCUT2D eigenvalue weighted by molar-refractivity contribution is 6.35. The number of carbonyl (C=O) groups excluding carboxylic acids is 2. The lowest BCUT2D eigenvalue weighted by atomic mass is 10.0. The molecule has 0 unspecified atom stereocenters. The van der Waals surface area contributed by atoms with Crippen LogP contribution in [-0.4, -0.2) is 18.5 Å². The van der Waals surface area contributed by atoms with E-state index in [-0.39, 0.29) is 18.1 Å². The Hall–Kier alpha value is -3.15. The van der Waals surface area contributed by atoms with Crippen molar-refractivity contribution in [2.75, 3.05) is 12.1 Å². The van der Waals surface area contributed by atoms with E-state index in [0.717, 1.165) is 0 Å². The topological polar surface area (TPSA) is 64.6 Å². The molecule has 2 aromatic rings. The summed E-state index contributed by atoms with van der Waals surface area (Å²) < 4.78 is 23.8. The maximum absolute atomic E-state index is 13.4. The van der Waals surface area contributed by atoms with E-state index in [0.29, 0.717) is 28.3 Å². The van der Waals surface area contributed by atoms with E-state index < -0.39 is 11.7 Å². The zero-order chi connectivity index (χ0) is 16.0. The number of hydrogen-bond donors (Lipinski definition) is 1. The summed E-state index contributed by atoms with van der Waals surface area (Å²) in [5, 5.41) is 2.60. The largest absolute Gasteiger partial charge is 0.454 e. The number of halogens is 1. The van der Waals surface area contributed by atoms with Crippen molar-refractivity contribution in [1.82, 2.24) is 0 Å². The fourth-order valence-corrected chi connectivity index (χ4v) is 2.57. The number of ketones is 1. The van der Waals surface area contributed by atoms with Gasteiger partial charge in [0.05, 0.1) is 5.57 Å². The van der Waals surface area contributed by atoms with Crippen LogP contribution in [0.3, 0.4) is 0 Å². The lowest BCUT2D eigenvalue weighted by Crippen LogP contribution is -2.06. The standard InChI is InChI=1S/C17H10FNO4/c18-10-2-3-13-11(6-10)12(17(21)19-13)7-14(20)9-1-4-15-16(5-9)23-8-22-15/h1-7H,8H2,(H,19,21)/b12-7+. The number of nitrogens with one attached hydrogen (secondary N) is 1. The maximum Gasteiger partial charge on any atom is 0.256 e.